The van der Waals surface area contributed by atoms with E-state index >= 15 is 0 Å². The van der Waals surface area contributed by atoms with Gasteiger partial charge in [-0.15, -0.1) is 0 Å². The molecule has 1 N–H and O–H groups in total. The van der Waals surface area contributed by atoms with Gasteiger partial charge in [0.05, 0.1) is 10.0 Å². The number of halogens is 2. The van der Waals surface area contributed by atoms with Gasteiger partial charge in [-0.05, 0) is 45.8 Å². The summed E-state index contributed by atoms with van der Waals surface area (Å²) in [6.45, 7) is 0.379. The number of hydrogen-bond acceptors (Lipinski definition) is 2. The molecule has 0 bridgehead atoms. The average Bonchev–Trinajstić information content (AvgIpc) is 2.40. The summed E-state index contributed by atoms with van der Waals surface area (Å²) in [6, 6.07) is 7.97. The van der Waals surface area contributed by atoms with Gasteiger partial charge in [0.1, 0.15) is 5.82 Å². The van der Waals surface area contributed by atoms with Crippen LogP contribution in [0.2, 0.25) is 0 Å². The molecule has 1 amide bonds. The molecule has 2 rings (SSSR count). The van der Waals surface area contributed by atoms with E-state index in [0.717, 1.165) is 5.56 Å². The Kier molecular flexibility index (Phi) is 4.04. The predicted molar refractivity (Wildman–Crippen MR) is 69.5 cm³/mol. The Labute approximate surface area is 112 Å². The van der Waals surface area contributed by atoms with Crippen molar-refractivity contribution >= 4 is 21.8 Å². The summed E-state index contributed by atoms with van der Waals surface area (Å²) >= 11 is 3.06. The monoisotopic (exact) mass is 308 g/mol. The fourth-order valence-electron chi connectivity index (χ4n) is 1.46. The first-order valence-electron chi connectivity index (χ1n) is 5.29. The molecule has 18 heavy (non-hydrogen) atoms. The Balaban J connectivity index is 2.07. The molecule has 92 valence electrons. The van der Waals surface area contributed by atoms with Crippen LogP contribution in [0.5, 0.6) is 0 Å². The van der Waals surface area contributed by atoms with Crippen LogP contribution < -0.4 is 5.32 Å². The van der Waals surface area contributed by atoms with E-state index < -0.39 is 5.82 Å². The Morgan fingerprint density at radius 3 is 2.72 bits per heavy atom. The second-order valence-electron chi connectivity index (χ2n) is 3.64. The molecule has 1 aromatic heterocycles. The van der Waals surface area contributed by atoms with Gasteiger partial charge in [-0.25, -0.2) is 4.39 Å². The Bertz CT molecular complexity index is 560. The van der Waals surface area contributed by atoms with Crippen molar-refractivity contribution in [3.63, 3.8) is 0 Å². The molecule has 0 atom stereocenters. The Morgan fingerprint density at radius 1 is 1.28 bits per heavy atom. The lowest BCUT2D eigenvalue weighted by Gasteiger charge is -2.07. The molecule has 2 aromatic rings. The largest absolute Gasteiger partial charge is 0.348 e. The van der Waals surface area contributed by atoms with Gasteiger partial charge in [0.2, 0.25) is 0 Å². The van der Waals surface area contributed by atoms with E-state index in [1.807, 2.05) is 0 Å². The summed E-state index contributed by atoms with van der Waals surface area (Å²) in [4.78, 5) is 15.8. The summed E-state index contributed by atoms with van der Waals surface area (Å²) in [5, 5.41) is 2.72. The molecule has 0 spiro atoms. The highest BCUT2D eigenvalue weighted by Gasteiger charge is 2.12. The molecule has 0 aliphatic rings. The lowest BCUT2D eigenvalue weighted by Crippen LogP contribution is -2.23. The van der Waals surface area contributed by atoms with E-state index in [4.69, 9.17) is 0 Å². The second kappa shape index (κ2) is 5.73. The highest BCUT2D eigenvalue weighted by atomic mass is 79.9. The number of benzene rings is 1. The summed E-state index contributed by atoms with van der Waals surface area (Å²) < 4.78 is 13.4. The molecule has 0 radical (unpaired) electrons. The van der Waals surface area contributed by atoms with Gasteiger partial charge in [-0.3, -0.25) is 9.78 Å². The number of aromatic nitrogens is 1. The van der Waals surface area contributed by atoms with Gasteiger partial charge in [0.15, 0.2) is 0 Å². The standard InChI is InChI=1S/C13H10BrFN2O/c14-12-10(2-1-3-11(12)15)13(18)17-8-9-4-6-16-7-5-9/h1-7H,8H2,(H,17,18). The topological polar surface area (TPSA) is 42.0 Å². The molecule has 0 aliphatic carbocycles. The highest BCUT2D eigenvalue weighted by molar-refractivity contribution is 9.10. The van der Waals surface area contributed by atoms with Crippen LogP contribution in [0, 0.1) is 5.82 Å². The van der Waals surface area contributed by atoms with Crippen LogP contribution in [0.4, 0.5) is 4.39 Å². The van der Waals surface area contributed by atoms with Crippen LogP contribution in [-0.4, -0.2) is 10.9 Å². The van der Waals surface area contributed by atoms with Gasteiger partial charge < -0.3 is 5.32 Å². The summed E-state index contributed by atoms with van der Waals surface area (Å²) in [6.07, 6.45) is 3.30. The quantitative estimate of drug-likeness (QED) is 0.947. The zero-order chi connectivity index (χ0) is 13.0. The van der Waals surface area contributed by atoms with Gasteiger partial charge >= 0.3 is 0 Å². The molecule has 3 nitrogen and oxygen atoms in total. The number of pyridine rings is 1. The number of carbonyl (C=O) groups is 1. The normalized spacial score (nSPS) is 10.1. The van der Waals surface area contributed by atoms with Crippen molar-refractivity contribution in [2.24, 2.45) is 0 Å². The lowest BCUT2D eigenvalue weighted by atomic mass is 10.2. The van der Waals surface area contributed by atoms with Crippen molar-refractivity contribution in [3.8, 4) is 0 Å². The number of hydrogen-bond donors (Lipinski definition) is 1. The molecule has 0 unspecified atom stereocenters. The average molecular weight is 309 g/mol. The van der Waals surface area contributed by atoms with Crippen molar-refractivity contribution < 1.29 is 9.18 Å². The lowest BCUT2D eigenvalue weighted by molar-refractivity contribution is 0.0949. The first-order chi connectivity index (χ1) is 8.68. The maximum absolute atomic E-state index is 13.3. The number of nitrogens with one attached hydrogen (secondary N) is 1. The minimum atomic E-state index is -0.452. The van der Waals surface area contributed by atoms with E-state index in [9.17, 15) is 9.18 Å². The Morgan fingerprint density at radius 2 is 2.00 bits per heavy atom. The highest BCUT2D eigenvalue weighted by Crippen LogP contribution is 2.20. The maximum Gasteiger partial charge on any atom is 0.252 e. The van der Waals surface area contributed by atoms with E-state index in [-0.39, 0.29) is 15.9 Å². The molecular formula is C13H10BrFN2O. The maximum atomic E-state index is 13.3. The molecule has 0 aliphatic heterocycles. The van der Waals surface area contributed by atoms with Crippen LogP contribution in [0.3, 0.4) is 0 Å². The summed E-state index contributed by atoms with van der Waals surface area (Å²) in [5.41, 5.74) is 1.22. The van der Waals surface area contributed by atoms with Crippen molar-refractivity contribution in [1.29, 1.82) is 0 Å². The van der Waals surface area contributed by atoms with Gasteiger partial charge in [-0.1, -0.05) is 6.07 Å². The molecule has 0 saturated heterocycles. The van der Waals surface area contributed by atoms with Crippen molar-refractivity contribution in [3.05, 3.63) is 64.1 Å². The first-order valence-corrected chi connectivity index (χ1v) is 6.09. The van der Waals surface area contributed by atoms with Crippen molar-refractivity contribution in [2.45, 2.75) is 6.54 Å². The van der Waals surface area contributed by atoms with Crippen LogP contribution in [0.1, 0.15) is 15.9 Å². The van der Waals surface area contributed by atoms with Crippen LogP contribution in [-0.2, 0) is 6.54 Å². The van der Waals surface area contributed by atoms with Crippen LogP contribution >= 0.6 is 15.9 Å². The van der Waals surface area contributed by atoms with E-state index in [2.05, 4.69) is 26.2 Å². The van der Waals surface area contributed by atoms with Gasteiger partial charge in [0, 0.05) is 18.9 Å². The minimum Gasteiger partial charge on any atom is -0.348 e. The molecule has 1 heterocycles. The minimum absolute atomic E-state index is 0.178. The van der Waals surface area contributed by atoms with E-state index in [1.54, 1.807) is 30.6 Å². The molecular weight excluding hydrogens is 299 g/mol. The number of nitrogens with zero attached hydrogens (tertiary/aromatic N) is 1. The smallest absolute Gasteiger partial charge is 0.252 e. The molecule has 1 aromatic carbocycles. The molecule has 5 heteroatoms. The zero-order valence-corrected chi connectivity index (χ0v) is 10.9. The number of rotatable bonds is 3. The third-order valence-electron chi connectivity index (χ3n) is 2.40. The van der Waals surface area contributed by atoms with Crippen molar-refractivity contribution in [2.75, 3.05) is 0 Å². The molecule has 0 fully saturated rings. The predicted octanol–water partition coefficient (Wildman–Crippen LogP) is 2.91. The van der Waals surface area contributed by atoms with Crippen molar-refractivity contribution in [1.82, 2.24) is 10.3 Å². The third-order valence-corrected chi connectivity index (χ3v) is 3.20. The summed E-state index contributed by atoms with van der Waals surface area (Å²) in [7, 11) is 0. The fraction of sp³-hybridized carbons (Fsp3) is 0.0769. The van der Waals surface area contributed by atoms with Gasteiger partial charge in [0.25, 0.3) is 5.91 Å². The number of amides is 1. The summed E-state index contributed by atoms with van der Waals surface area (Å²) in [5.74, 6) is -0.773. The zero-order valence-electron chi connectivity index (χ0n) is 9.36. The van der Waals surface area contributed by atoms with E-state index in [0.29, 0.717) is 6.54 Å². The molecule has 0 saturated carbocycles. The third kappa shape index (κ3) is 2.92. The van der Waals surface area contributed by atoms with E-state index in [1.165, 1.54) is 12.1 Å². The van der Waals surface area contributed by atoms with Crippen LogP contribution in [0.25, 0.3) is 0 Å². The SMILES string of the molecule is O=C(NCc1ccncc1)c1cccc(F)c1Br. The Hall–Kier alpha value is -1.75. The van der Waals surface area contributed by atoms with Gasteiger partial charge in [-0.2, -0.15) is 0 Å². The number of carbonyl (C=O) groups excluding carboxylic acids is 1. The second-order valence-corrected chi connectivity index (χ2v) is 4.43. The fourth-order valence-corrected chi connectivity index (χ4v) is 1.90. The van der Waals surface area contributed by atoms with Crippen LogP contribution in [0.15, 0.2) is 47.2 Å². The first kappa shape index (κ1) is 12.7.